The Morgan fingerprint density at radius 3 is 2.60 bits per heavy atom. The molecule has 1 rings (SSSR count). The zero-order chi connectivity index (χ0) is 15.3. The molecule has 1 amide bonds. The normalized spacial score (nSPS) is 10.9. The highest BCUT2D eigenvalue weighted by Crippen LogP contribution is 2.15. The Labute approximate surface area is 117 Å². The summed E-state index contributed by atoms with van der Waals surface area (Å²) in [6.07, 6.45) is 5.84. The van der Waals surface area contributed by atoms with Gasteiger partial charge in [0.25, 0.3) is 5.91 Å². The summed E-state index contributed by atoms with van der Waals surface area (Å²) in [6.45, 7) is 2.32. The molecule has 2 N–H and O–H groups in total. The largest absolute Gasteiger partial charge is 0.328 e. The van der Waals surface area contributed by atoms with Crippen molar-refractivity contribution in [1.29, 1.82) is 0 Å². The van der Waals surface area contributed by atoms with E-state index in [9.17, 15) is 17.6 Å². The lowest BCUT2D eigenvalue weighted by molar-refractivity contribution is 0.0776. The van der Waals surface area contributed by atoms with Crippen LogP contribution in [0.15, 0.2) is 23.1 Å². The Kier molecular flexibility index (Phi) is 5.25. The predicted molar refractivity (Wildman–Crippen MR) is 72.8 cm³/mol. The molecule has 5 nitrogen and oxygen atoms in total. The number of sulfonamides is 1. The van der Waals surface area contributed by atoms with Crippen molar-refractivity contribution in [2.24, 2.45) is 5.14 Å². The fourth-order valence-corrected chi connectivity index (χ4v) is 2.23. The summed E-state index contributed by atoms with van der Waals surface area (Å²) >= 11 is 0. The first-order chi connectivity index (χ1) is 9.29. The lowest BCUT2D eigenvalue weighted by Gasteiger charge is -2.19. The molecule has 0 aliphatic rings. The number of hydrogen-bond acceptors (Lipinski definition) is 3. The Morgan fingerprint density at radius 1 is 1.45 bits per heavy atom. The first kappa shape index (κ1) is 16.1. The van der Waals surface area contributed by atoms with Crippen LogP contribution < -0.4 is 5.14 Å². The number of amides is 1. The van der Waals surface area contributed by atoms with Gasteiger partial charge >= 0.3 is 0 Å². The number of nitrogens with two attached hydrogens (primary N) is 1. The van der Waals surface area contributed by atoms with Crippen molar-refractivity contribution >= 4 is 15.9 Å². The number of carbonyl (C=O) groups is 1. The number of nitrogens with zero attached hydrogens (tertiary/aromatic N) is 1. The Bertz CT molecular complexity index is 650. The molecule has 0 fully saturated rings. The topological polar surface area (TPSA) is 80.5 Å². The highest BCUT2D eigenvalue weighted by molar-refractivity contribution is 7.89. The van der Waals surface area contributed by atoms with Gasteiger partial charge in [-0.3, -0.25) is 4.79 Å². The van der Waals surface area contributed by atoms with Gasteiger partial charge in [-0.05, 0) is 24.6 Å². The standard InChI is InChI=1S/C13H15FN2O3S/c1-3-5-16(6-4-2)13(17)10-7-11(14)9-12(8-10)20(15,18)19/h1,7-9H,4-6H2,2H3,(H2,15,18,19). The van der Waals surface area contributed by atoms with Crippen LogP contribution in [0.5, 0.6) is 0 Å². The van der Waals surface area contributed by atoms with Crippen LogP contribution in [-0.2, 0) is 10.0 Å². The van der Waals surface area contributed by atoms with Crippen LogP contribution in [0.1, 0.15) is 23.7 Å². The highest BCUT2D eigenvalue weighted by Gasteiger charge is 2.18. The molecule has 0 atom stereocenters. The molecule has 20 heavy (non-hydrogen) atoms. The summed E-state index contributed by atoms with van der Waals surface area (Å²) in [6, 6.07) is 2.76. The van der Waals surface area contributed by atoms with E-state index >= 15 is 0 Å². The number of halogens is 1. The van der Waals surface area contributed by atoms with Crippen LogP contribution >= 0.6 is 0 Å². The second-order valence-corrected chi connectivity index (χ2v) is 5.71. The van der Waals surface area contributed by atoms with E-state index in [0.717, 1.165) is 18.2 Å². The molecule has 0 spiro atoms. The summed E-state index contributed by atoms with van der Waals surface area (Å²) in [7, 11) is -4.08. The van der Waals surface area contributed by atoms with Crippen molar-refractivity contribution in [1.82, 2.24) is 4.90 Å². The second kappa shape index (κ2) is 6.50. The summed E-state index contributed by atoms with van der Waals surface area (Å²) in [5.41, 5.74) is -0.0993. The number of rotatable bonds is 5. The number of primary sulfonamides is 1. The first-order valence-electron chi connectivity index (χ1n) is 5.85. The molecule has 0 aromatic heterocycles. The van der Waals surface area contributed by atoms with Crippen LogP contribution in [-0.4, -0.2) is 32.3 Å². The van der Waals surface area contributed by atoms with Crippen LogP contribution in [0.2, 0.25) is 0 Å². The zero-order valence-electron chi connectivity index (χ0n) is 11.0. The van der Waals surface area contributed by atoms with Gasteiger partial charge in [-0.2, -0.15) is 0 Å². The fourth-order valence-electron chi connectivity index (χ4n) is 1.67. The van der Waals surface area contributed by atoms with Crippen LogP contribution in [0.25, 0.3) is 0 Å². The lowest BCUT2D eigenvalue weighted by Crippen LogP contribution is -2.32. The Hall–Kier alpha value is -1.91. The van der Waals surface area contributed by atoms with Gasteiger partial charge < -0.3 is 4.90 Å². The van der Waals surface area contributed by atoms with E-state index < -0.39 is 26.6 Å². The summed E-state index contributed by atoms with van der Waals surface area (Å²) in [5.74, 6) is 0.948. The van der Waals surface area contributed by atoms with Gasteiger partial charge in [0.05, 0.1) is 11.4 Å². The molecule has 0 aliphatic heterocycles. The van der Waals surface area contributed by atoms with Gasteiger partial charge in [-0.15, -0.1) is 6.42 Å². The monoisotopic (exact) mass is 298 g/mol. The van der Waals surface area contributed by atoms with Crippen molar-refractivity contribution in [3.8, 4) is 12.3 Å². The Morgan fingerprint density at radius 2 is 2.10 bits per heavy atom. The van der Waals surface area contributed by atoms with E-state index in [1.54, 1.807) is 0 Å². The van der Waals surface area contributed by atoms with E-state index in [1.807, 2.05) is 6.92 Å². The van der Waals surface area contributed by atoms with Crippen LogP contribution in [0.3, 0.4) is 0 Å². The van der Waals surface area contributed by atoms with Crippen LogP contribution in [0.4, 0.5) is 4.39 Å². The third-order valence-corrected chi connectivity index (χ3v) is 3.40. The maximum atomic E-state index is 13.4. The number of hydrogen-bond donors (Lipinski definition) is 1. The smallest absolute Gasteiger partial charge is 0.254 e. The molecule has 0 saturated heterocycles. The highest BCUT2D eigenvalue weighted by atomic mass is 32.2. The molecule has 0 radical (unpaired) electrons. The summed E-state index contributed by atoms with van der Waals surface area (Å²) in [4.78, 5) is 13.1. The quantitative estimate of drug-likeness (QED) is 0.822. The third-order valence-electron chi connectivity index (χ3n) is 2.51. The molecule has 0 bridgehead atoms. The van der Waals surface area contributed by atoms with Gasteiger partial charge in [0, 0.05) is 12.1 Å². The predicted octanol–water partition coefficient (Wildman–Crippen LogP) is 0.959. The van der Waals surface area contributed by atoms with E-state index in [1.165, 1.54) is 4.90 Å². The van der Waals surface area contributed by atoms with E-state index in [0.29, 0.717) is 13.0 Å². The molecule has 108 valence electrons. The van der Waals surface area contributed by atoms with Gasteiger partial charge in [-0.1, -0.05) is 12.8 Å². The van der Waals surface area contributed by atoms with Crippen molar-refractivity contribution in [3.63, 3.8) is 0 Å². The number of terminal acetylenes is 1. The van der Waals surface area contributed by atoms with Gasteiger partial charge in [0.2, 0.25) is 10.0 Å². The van der Waals surface area contributed by atoms with Gasteiger partial charge in [0.1, 0.15) is 5.82 Å². The second-order valence-electron chi connectivity index (χ2n) is 4.15. The Balaban J connectivity index is 3.22. The molecule has 1 aromatic rings. The van der Waals surface area contributed by atoms with Crippen molar-refractivity contribution in [3.05, 3.63) is 29.6 Å². The van der Waals surface area contributed by atoms with Crippen molar-refractivity contribution in [2.45, 2.75) is 18.2 Å². The fraction of sp³-hybridized carbons (Fsp3) is 0.308. The molecule has 0 saturated carbocycles. The molecule has 7 heteroatoms. The van der Waals surface area contributed by atoms with E-state index in [-0.39, 0.29) is 12.1 Å². The van der Waals surface area contributed by atoms with E-state index in [2.05, 4.69) is 5.92 Å². The summed E-state index contributed by atoms with van der Waals surface area (Å²) < 4.78 is 35.9. The maximum absolute atomic E-state index is 13.4. The summed E-state index contributed by atoms with van der Waals surface area (Å²) in [5, 5.41) is 4.94. The number of benzene rings is 1. The minimum Gasteiger partial charge on any atom is -0.328 e. The van der Waals surface area contributed by atoms with Gasteiger partial charge in [-0.25, -0.2) is 17.9 Å². The lowest BCUT2D eigenvalue weighted by atomic mass is 10.2. The third kappa shape index (κ3) is 4.05. The molecular weight excluding hydrogens is 283 g/mol. The minimum atomic E-state index is -4.08. The molecule has 0 unspecified atom stereocenters. The molecule has 0 aliphatic carbocycles. The van der Waals surface area contributed by atoms with Gasteiger partial charge in [0.15, 0.2) is 0 Å². The maximum Gasteiger partial charge on any atom is 0.254 e. The minimum absolute atomic E-state index is 0.0634. The average molecular weight is 298 g/mol. The van der Waals surface area contributed by atoms with E-state index in [4.69, 9.17) is 11.6 Å². The first-order valence-corrected chi connectivity index (χ1v) is 7.40. The van der Waals surface area contributed by atoms with Crippen molar-refractivity contribution in [2.75, 3.05) is 13.1 Å². The van der Waals surface area contributed by atoms with Crippen molar-refractivity contribution < 1.29 is 17.6 Å². The molecule has 0 heterocycles. The molecule has 1 aromatic carbocycles. The number of carbonyl (C=O) groups excluding carboxylic acids is 1. The molecular formula is C13H15FN2O3S. The average Bonchev–Trinajstić information content (AvgIpc) is 2.36. The zero-order valence-corrected chi connectivity index (χ0v) is 11.8. The van der Waals surface area contributed by atoms with Crippen LogP contribution in [0, 0.1) is 18.2 Å². The SMILES string of the molecule is C#CCN(CCC)C(=O)c1cc(F)cc(S(N)(=O)=O)c1.